The number of carboxylic acids is 1. The Labute approximate surface area is 188 Å². The maximum atomic E-state index is 12.2. The van der Waals surface area contributed by atoms with Crippen LogP contribution in [0.1, 0.15) is 10.4 Å². The number of aromatic nitrogens is 2. The molecule has 0 unspecified atom stereocenters. The number of nitrogens with one attached hydrogen (secondary N) is 1. The summed E-state index contributed by atoms with van der Waals surface area (Å²) in [4.78, 5) is 21.3. The number of sulfonamides is 1. The third-order valence-corrected chi connectivity index (χ3v) is 5.67. The lowest BCUT2D eigenvalue weighted by atomic mass is 10.0. The molecule has 0 aliphatic rings. The number of hydrogen-bond acceptors (Lipinski definition) is 6. The van der Waals surface area contributed by atoms with Crippen LogP contribution >= 0.6 is 0 Å². The van der Waals surface area contributed by atoms with Gasteiger partial charge in [-0.05, 0) is 42.5 Å². The number of rotatable bonds is 5. The van der Waals surface area contributed by atoms with E-state index >= 15 is 0 Å². The number of carboxylic acid groups (broad SMARTS) is 1. The van der Waals surface area contributed by atoms with Gasteiger partial charge in [0.2, 0.25) is 15.9 Å². The van der Waals surface area contributed by atoms with Gasteiger partial charge in [0.1, 0.15) is 5.52 Å². The SMILES string of the molecule is CS(=O)(=O)Nc1ccc(-c2cc(C(=O)O)c3c(ccc4nc(-c5ccccc5)oc43)n2)cc1. The highest BCUT2D eigenvalue weighted by Gasteiger charge is 2.19. The van der Waals surface area contributed by atoms with Crippen LogP contribution in [0.3, 0.4) is 0 Å². The third kappa shape index (κ3) is 4.01. The summed E-state index contributed by atoms with van der Waals surface area (Å²) in [6.45, 7) is 0. The van der Waals surface area contributed by atoms with E-state index in [9.17, 15) is 18.3 Å². The van der Waals surface area contributed by atoms with E-state index in [1.54, 1.807) is 36.4 Å². The van der Waals surface area contributed by atoms with Crippen LogP contribution in [0, 0.1) is 0 Å². The molecule has 2 N–H and O–H groups in total. The standard InChI is InChI=1S/C24H17N3O5S/c1-33(30,31)27-16-9-7-14(8-10-16)20-13-17(24(28)29)21-18(25-20)11-12-19-22(21)32-23(26-19)15-5-3-2-4-6-15/h2-13,27H,1H3,(H,28,29). The van der Waals surface area contributed by atoms with E-state index in [4.69, 9.17) is 4.42 Å². The van der Waals surface area contributed by atoms with E-state index in [1.807, 2.05) is 30.3 Å². The fourth-order valence-corrected chi connectivity index (χ4v) is 4.21. The average Bonchev–Trinajstić information content (AvgIpc) is 3.23. The minimum absolute atomic E-state index is 0.0368. The van der Waals surface area contributed by atoms with Gasteiger partial charge in [-0.15, -0.1) is 0 Å². The lowest BCUT2D eigenvalue weighted by Crippen LogP contribution is -2.09. The van der Waals surface area contributed by atoms with Gasteiger partial charge >= 0.3 is 5.97 Å². The molecule has 33 heavy (non-hydrogen) atoms. The fraction of sp³-hybridized carbons (Fsp3) is 0.0417. The van der Waals surface area contributed by atoms with Crippen LogP contribution in [0.25, 0.3) is 44.7 Å². The molecule has 0 spiro atoms. The molecule has 0 aliphatic carbocycles. The zero-order valence-corrected chi connectivity index (χ0v) is 18.1. The molecule has 2 aromatic heterocycles. The van der Waals surface area contributed by atoms with Crippen LogP contribution < -0.4 is 4.72 Å². The van der Waals surface area contributed by atoms with Gasteiger partial charge in [-0.3, -0.25) is 4.72 Å². The topological polar surface area (TPSA) is 122 Å². The highest BCUT2D eigenvalue weighted by Crippen LogP contribution is 2.34. The second-order valence-electron chi connectivity index (χ2n) is 7.50. The van der Waals surface area contributed by atoms with Crippen molar-refractivity contribution < 1.29 is 22.7 Å². The van der Waals surface area contributed by atoms with Gasteiger partial charge < -0.3 is 9.52 Å². The first-order chi connectivity index (χ1) is 15.8. The highest BCUT2D eigenvalue weighted by molar-refractivity contribution is 7.92. The number of oxazole rings is 1. The molecule has 0 bridgehead atoms. The van der Waals surface area contributed by atoms with Crippen molar-refractivity contribution in [2.75, 3.05) is 11.0 Å². The van der Waals surface area contributed by atoms with E-state index in [0.29, 0.717) is 44.8 Å². The van der Waals surface area contributed by atoms with E-state index < -0.39 is 16.0 Å². The van der Waals surface area contributed by atoms with E-state index in [0.717, 1.165) is 11.8 Å². The lowest BCUT2D eigenvalue weighted by molar-refractivity contribution is 0.0699. The Bertz CT molecular complexity index is 1630. The normalized spacial score (nSPS) is 11.7. The lowest BCUT2D eigenvalue weighted by Gasteiger charge is -2.09. The smallest absolute Gasteiger partial charge is 0.336 e. The maximum Gasteiger partial charge on any atom is 0.336 e. The van der Waals surface area contributed by atoms with Gasteiger partial charge in [0.25, 0.3) is 0 Å². The summed E-state index contributed by atoms with van der Waals surface area (Å²) in [7, 11) is -3.40. The molecular formula is C24H17N3O5S. The Balaban J connectivity index is 1.66. The minimum Gasteiger partial charge on any atom is -0.478 e. The van der Waals surface area contributed by atoms with Crippen LogP contribution in [-0.4, -0.2) is 35.7 Å². The van der Waals surface area contributed by atoms with E-state index in [1.165, 1.54) is 6.07 Å². The number of carbonyl (C=O) groups is 1. The molecule has 5 rings (SSSR count). The number of benzene rings is 3. The summed E-state index contributed by atoms with van der Waals surface area (Å²) >= 11 is 0. The van der Waals surface area contributed by atoms with Crippen molar-refractivity contribution in [2.24, 2.45) is 0 Å². The van der Waals surface area contributed by atoms with Gasteiger partial charge in [0.05, 0.1) is 28.4 Å². The number of aromatic carboxylic acids is 1. The molecule has 0 atom stereocenters. The Morgan fingerprint density at radius 2 is 1.61 bits per heavy atom. The Morgan fingerprint density at radius 1 is 0.909 bits per heavy atom. The molecule has 164 valence electrons. The monoisotopic (exact) mass is 459 g/mol. The van der Waals surface area contributed by atoms with Crippen LogP contribution in [0.15, 0.2) is 77.2 Å². The summed E-state index contributed by atoms with van der Waals surface area (Å²) in [5.74, 6) is -0.725. The van der Waals surface area contributed by atoms with Gasteiger partial charge in [-0.1, -0.05) is 30.3 Å². The van der Waals surface area contributed by atoms with Gasteiger partial charge in [0, 0.05) is 16.8 Å². The summed E-state index contributed by atoms with van der Waals surface area (Å²) in [6.07, 6.45) is 1.07. The molecule has 0 saturated carbocycles. The number of pyridine rings is 1. The second-order valence-corrected chi connectivity index (χ2v) is 9.25. The Morgan fingerprint density at radius 3 is 2.27 bits per heavy atom. The van der Waals surface area contributed by atoms with Crippen molar-refractivity contribution >= 4 is 43.7 Å². The number of anilines is 1. The molecule has 0 aliphatic heterocycles. The molecule has 2 heterocycles. The first-order valence-corrected chi connectivity index (χ1v) is 11.8. The zero-order valence-electron chi connectivity index (χ0n) is 17.3. The van der Waals surface area contributed by atoms with Gasteiger partial charge in [0.15, 0.2) is 5.58 Å². The molecule has 5 aromatic rings. The van der Waals surface area contributed by atoms with Crippen LogP contribution in [0.4, 0.5) is 5.69 Å². The molecule has 8 nitrogen and oxygen atoms in total. The second kappa shape index (κ2) is 7.72. The molecule has 9 heteroatoms. The fourth-order valence-electron chi connectivity index (χ4n) is 3.65. The molecule has 0 radical (unpaired) electrons. The molecule has 3 aromatic carbocycles. The van der Waals surface area contributed by atoms with Gasteiger partial charge in [-0.2, -0.15) is 0 Å². The van der Waals surface area contributed by atoms with Crippen molar-refractivity contribution in [1.82, 2.24) is 9.97 Å². The largest absolute Gasteiger partial charge is 0.478 e. The van der Waals surface area contributed by atoms with Crippen LogP contribution in [-0.2, 0) is 10.0 Å². The van der Waals surface area contributed by atoms with Crippen molar-refractivity contribution in [2.45, 2.75) is 0 Å². The predicted octanol–water partition coefficient (Wildman–Crippen LogP) is 4.78. The van der Waals surface area contributed by atoms with Crippen molar-refractivity contribution in [1.29, 1.82) is 0 Å². The molecular weight excluding hydrogens is 442 g/mol. The maximum absolute atomic E-state index is 12.2. The highest BCUT2D eigenvalue weighted by atomic mass is 32.2. The van der Waals surface area contributed by atoms with Crippen molar-refractivity contribution in [3.05, 3.63) is 78.4 Å². The number of nitrogens with zero attached hydrogens (tertiary/aromatic N) is 2. The quantitative estimate of drug-likeness (QED) is 0.388. The number of hydrogen-bond donors (Lipinski definition) is 2. The van der Waals surface area contributed by atoms with E-state index in [2.05, 4.69) is 14.7 Å². The minimum atomic E-state index is -3.40. The summed E-state index contributed by atoms with van der Waals surface area (Å²) < 4.78 is 31.2. The number of fused-ring (bicyclic) bond motifs is 3. The van der Waals surface area contributed by atoms with E-state index in [-0.39, 0.29) is 5.56 Å². The summed E-state index contributed by atoms with van der Waals surface area (Å²) in [5.41, 5.74) is 3.64. The van der Waals surface area contributed by atoms with Crippen LogP contribution in [0.2, 0.25) is 0 Å². The first kappa shape index (κ1) is 20.7. The third-order valence-electron chi connectivity index (χ3n) is 5.06. The van der Waals surface area contributed by atoms with Crippen LogP contribution in [0.5, 0.6) is 0 Å². The van der Waals surface area contributed by atoms with Crippen molar-refractivity contribution in [3.63, 3.8) is 0 Å². The molecule has 0 fully saturated rings. The molecule has 0 saturated heterocycles. The van der Waals surface area contributed by atoms with Gasteiger partial charge in [-0.25, -0.2) is 23.2 Å². The Hall–Kier alpha value is -4.24. The van der Waals surface area contributed by atoms with Crippen molar-refractivity contribution in [3.8, 4) is 22.7 Å². The first-order valence-electron chi connectivity index (χ1n) is 9.90. The predicted molar refractivity (Wildman–Crippen MR) is 126 cm³/mol. The Kier molecular flexibility index (Phi) is 4.83. The summed E-state index contributed by atoms with van der Waals surface area (Å²) in [5, 5.41) is 10.3. The zero-order chi connectivity index (χ0) is 23.2. The molecule has 0 amide bonds. The average molecular weight is 459 g/mol. The summed E-state index contributed by atoms with van der Waals surface area (Å²) in [6, 6.07) is 20.8.